The maximum atomic E-state index is 12.2. The van der Waals surface area contributed by atoms with Crippen molar-refractivity contribution < 1.29 is 13.5 Å². The Kier molecular flexibility index (Phi) is 4.17. The molecule has 2 rings (SSSR count). The van der Waals surface area contributed by atoms with Gasteiger partial charge in [-0.3, -0.25) is 4.72 Å². The zero-order chi connectivity index (χ0) is 14.0. The molecule has 0 saturated heterocycles. The van der Waals surface area contributed by atoms with Crippen LogP contribution < -0.4 is 4.72 Å². The van der Waals surface area contributed by atoms with Crippen LogP contribution in [0.2, 0.25) is 0 Å². The summed E-state index contributed by atoms with van der Waals surface area (Å²) in [6.07, 6.45) is 0. The van der Waals surface area contributed by atoms with Crippen molar-refractivity contribution in [1.29, 1.82) is 0 Å². The van der Waals surface area contributed by atoms with Gasteiger partial charge in [0.2, 0.25) is 0 Å². The zero-order valence-corrected chi connectivity index (χ0v) is 13.5. The van der Waals surface area contributed by atoms with Crippen LogP contribution in [0.4, 0.5) is 5.69 Å². The highest BCUT2D eigenvalue weighted by molar-refractivity contribution is 9.11. The van der Waals surface area contributed by atoms with E-state index in [1.54, 1.807) is 18.2 Å². The van der Waals surface area contributed by atoms with Crippen molar-refractivity contribution in [2.75, 3.05) is 4.72 Å². The van der Waals surface area contributed by atoms with Gasteiger partial charge in [0.05, 0.1) is 10.6 Å². The van der Waals surface area contributed by atoms with E-state index < -0.39 is 10.0 Å². The normalized spacial score (nSPS) is 11.3. The van der Waals surface area contributed by atoms with Crippen molar-refractivity contribution in [2.24, 2.45) is 0 Å². The number of rotatable bonds is 3. The number of phenolic OH excluding ortho intramolecular Hbond substituents is 1. The molecule has 2 N–H and O–H groups in total. The third-order valence-electron chi connectivity index (χ3n) is 2.33. The van der Waals surface area contributed by atoms with Crippen LogP contribution in [-0.4, -0.2) is 13.5 Å². The van der Waals surface area contributed by atoms with Gasteiger partial charge in [-0.2, -0.15) is 0 Å². The van der Waals surface area contributed by atoms with Gasteiger partial charge in [0, 0.05) is 15.0 Å². The number of halogens is 2. The van der Waals surface area contributed by atoms with E-state index in [1.165, 1.54) is 24.3 Å². The number of anilines is 1. The summed E-state index contributed by atoms with van der Waals surface area (Å²) in [4.78, 5) is -0.00449. The van der Waals surface area contributed by atoms with Gasteiger partial charge in [-0.15, -0.1) is 0 Å². The molecule has 0 heterocycles. The van der Waals surface area contributed by atoms with E-state index in [-0.39, 0.29) is 10.6 Å². The Labute approximate surface area is 127 Å². The first kappa shape index (κ1) is 14.4. The quantitative estimate of drug-likeness (QED) is 0.816. The number of nitrogens with one attached hydrogen (secondary N) is 1. The molecule has 0 aliphatic heterocycles. The molecule has 0 bridgehead atoms. The van der Waals surface area contributed by atoms with Gasteiger partial charge < -0.3 is 5.11 Å². The molecule has 0 saturated carbocycles. The standard InChI is InChI=1S/C12H9Br2NO3S/c13-10-5-2-6-11(14)12(10)15-19(17,18)9-4-1-3-8(16)7-9/h1-7,15-16H. The molecule has 0 atom stereocenters. The van der Waals surface area contributed by atoms with Gasteiger partial charge in [-0.1, -0.05) is 12.1 Å². The summed E-state index contributed by atoms with van der Waals surface area (Å²) < 4.78 is 28.1. The van der Waals surface area contributed by atoms with Gasteiger partial charge in [-0.05, 0) is 56.1 Å². The molecule has 19 heavy (non-hydrogen) atoms. The lowest BCUT2D eigenvalue weighted by Crippen LogP contribution is -2.13. The van der Waals surface area contributed by atoms with Gasteiger partial charge in [-0.25, -0.2) is 8.42 Å². The fourth-order valence-electron chi connectivity index (χ4n) is 1.44. The molecule has 0 aliphatic carbocycles. The van der Waals surface area contributed by atoms with E-state index in [0.29, 0.717) is 14.6 Å². The monoisotopic (exact) mass is 405 g/mol. The van der Waals surface area contributed by atoms with Crippen LogP contribution in [0.5, 0.6) is 5.75 Å². The Morgan fingerprint density at radius 1 is 1.00 bits per heavy atom. The Morgan fingerprint density at radius 3 is 2.16 bits per heavy atom. The summed E-state index contributed by atoms with van der Waals surface area (Å²) in [7, 11) is -3.75. The van der Waals surface area contributed by atoms with Gasteiger partial charge in [0.25, 0.3) is 10.0 Å². The highest BCUT2D eigenvalue weighted by Crippen LogP contribution is 2.32. The van der Waals surface area contributed by atoms with Crippen molar-refractivity contribution in [3.8, 4) is 5.75 Å². The second-order valence-electron chi connectivity index (χ2n) is 3.70. The predicted octanol–water partition coefficient (Wildman–Crippen LogP) is 3.72. The molecule has 2 aromatic carbocycles. The lowest BCUT2D eigenvalue weighted by molar-refractivity contribution is 0.473. The maximum Gasteiger partial charge on any atom is 0.262 e. The lowest BCUT2D eigenvalue weighted by Gasteiger charge is -2.11. The second kappa shape index (κ2) is 5.52. The van der Waals surface area contributed by atoms with Crippen LogP contribution in [0.1, 0.15) is 0 Å². The van der Waals surface area contributed by atoms with Gasteiger partial charge in [0.15, 0.2) is 0 Å². The maximum absolute atomic E-state index is 12.2. The van der Waals surface area contributed by atoms with Crippen LogP contribution in [0.15, 0.2) is 56.3 Å². The van der Waals surface area contributed by atoms with E-state index >= 15 is 0 Å². The highest BCUT2D eigenvalue weighted by atomic mass is 79.9. The Hall–Kier alpha value is -1.05. The smallest absolute Gasteiger partial charge is 0.262 e. The summed E-state index contributed by atoms with van der Waals surface area (Å²) in [6, 6.07) is 10.7. The first-order valence-corrected chi connectivity index (χ1v) is 8.23. The number of hydrogen-bond acceptors (Lipinski definition) is 3. The highest BCUT2D eigenvalue weighted by Gasteiger charge is 2.17. The number of hydrogen-bond donors (Lipinski definition) is 2. The summed E-state index contributed by atoms with van der Waals surface area (Å²) in [5.41, 5.74) is 0.408. The Bertz CT molecular complexity index is 696. The predicted molar refractivity (Wildman–Crippen MR) is 80.8 cm³/mol. The molecule has 0 spiro atoms. The topological polar surface area (TPSA) is 66.4 Å². The van der Waals surface area contributed by atoms with E-state index in [2.05, 4.69) is 36.6 Å². The molecule has 4 nitrogen and oxygen atoms in total. The van der Waals surface area contributed by atoms with Crippen molar-refractivity contribution in [1.82, 2.24) is 0 Å². The molecule has 0 amide bonds. The van der Waals surface area contributed by atoms with Crippen molar-refractivity contribution >= 4 is 47.6 Å². The summed E-state index contributed by atoms with van der Waals surface area (Å²) in [6.45, 7) is 0. The minimum atomic E-state index is -3.75. The second-order valence-corrected chi connectivity index (χ2v) is 7.09. The largest absolute Gasteiger partial charge is 0.508 e. The van der Waals surface area contributed by atoms with Gasteiger partial charge >= 0.3 is 0 Å². The third-order valence-corrected chi connectivity index (χ3v) is 5.00. The number of aromatic hydroxyl groups is 1. The first-order chi connectivity index (χ1) is 8.90. The molecule has 7 heteroatoms. The Morgan fingerprint density at radius 2 is 1.58 bits per heavy atom. The van der Waals surface area contributed by atoms with E-state index in [9.17, 15) is 13.5 Å². The van der Waals surface area contributed by atoms with Crippen LogP contribution in [0.3, 0.4) is 0 Å². The molecule has 100 valence electrons. The lowest BCUT2D eigenvalue weighted by atomic mass is 10.3. The fourth-order valence-corrected chi connectivity index (χ4v) is 4.04. The summed E-state index contributed by atoms with van der Waals surface area (Å²) in [5, 5.41) is 9.34. The van der Waals surface area contributed by atoms with E-state index in [1.807, 2.05) is 0 Å². The van der Waals surface area contributed by atoms with E-state index in [4.69, 9.17) is 0 Å². The minimum absolute atomic E-state index is 0.00449. The Balaban J connectivity index is 2.42. The minimum Gasteiger partial charge on any atom is -0.508 e. The molecule has 2 aromatic rings. The number of sulfonamides is 1. The molecule has 0 aromatic heterocycles. The molecular weight excluding hydrogens is 398 g/mol. The van der Waals surface area contributed by atoms with Crippen LogP contribution in [0.25, 0.3) is 0 Å². The summed E-state index contributed by atoms with van der Waals surface area (Å²) >= 11 is 6.56. The number of benzene rings is 2. The number of phenols is 1. The molecule has 0 radical (unpaired) electrons. The van der Waals surface area contributed by atoms with E-state index in [0.717, 1.165) is 0 Å². The van der Waals surface area contributed by atoms with Crippen molar-refractivity contribution in [3.05, 3.63) is 51.4 Å². The van der Waals surface area contributed by atoms with Gasteiger partial charge in [0.1, 0.15) is 5.75 Å². The van der Waals surface area contributed by atoms with Crippen molar-refractivity contribution in [2.45, 2.75) is 4.90 Å². The SMILES string of the molecule is O=S(=O)(Nc1c(Br)cccc1Br)c1cccc(O)c1. The molecular formula is C12H9Br2NO3S. The average Bonchev–Trinajstić information content (AvgIpc) is 2.34. The van der Waals surface area contributed by atoms with Crippen LogP contribution in [0, 0.1) is 0 Å². The third kappa shape index (κ3) is 3.29. The van der Waals surface area contributed by atoms with Crippen LogP contribution in [-0.2, 0) is 10.0 Å². The molecule has 0 fully saturated rings. The van der Waals surface area contributed by atoms with Crippen LogP contribution >= 0.6 is 31.9 Å². The zero-order valence-electron chi connectivity index (χ0n) is 9.47. The average molecular weight is 407 g/mol. The van der Waals surface area contributed by atoms with Crippen molar-refractivity contribution in [3.63, 3.8) is 0 Å². The fraction of sp³-hybridized carbons (Fsp3) is 0. The summed E-state index contributed by atoms with van der Waals surface area (Å²) in [5.74, 6) is -0.103. The first-order valence-electron chi connectivity index (χ1n) is 5.16. The molecule has 0 unspecified atom stereocenters. The molecule has 0 aliphatic rings. The number of para-hydroxylation sites is 1.